The number of ether oxygens (including phenoxy) is 1. The number of nitrogens with zero attached hydrogens (tertiary/aromatic N) is 2. The van der Waals surface area contributed by atoms with E-state index in [2.05, 4.69) is 4.98 Å². The minimum atomic E-state index is -1.04. The summed E-state index contributed by atoms with van der Waals surface area (Å²) in [7, 11) is 1.54. The molecule has 2 heterocycles. The highest BCUT2D eigenvalue weighted by molar-refractivity contribution is 7.22. The lowest BCUT2D eigenvalue weighted by atomic mass is 9.95. The average molecular weight is 529 g/mol. The second-order valence-corrected chi connectivity index (χ2v) is 9.50. The minimum absolute atomic E-state index is 0.170. The second kappa shape index (κ2) is 8.96. The summed E-state index contributed by atoms with van der Waals surface area (Å²) in [4.78, 5) is 32.3. The molecule has 176 valence electrons. The quantitative estimate of drug-likeness (QED) is 0.189. The molecule has 1 aromatic heterocycles. The van der Waals surface area contributed by atoms with Gasteiger partial charge in [0, 0.05) is 5.56 Å². The van der Waals surface area contributed by atoms with Crippen molar-refractivity contribution in [2.75, 3.05) is 12.0 Å². The molecular formula is C25H15Cl2FN2O4S. The number of carbonyl (C=O) groups is 2. The Bertz CT molecular complexity index is 1530. The van der Waals surface area contributed by atoms with Crippen molar-refractivity contribution < 1.29 is 23.8 Å². The van der Waals surface area contributed by atoms with Gasteiger partial charge in [0.2, 0.25) is 0 Å². The van der Waals surface area contributed by atoms with E-state index in [4.69, 9.17) is 27.9 Å². The molecule has 0 spiro atoms. The molecule has 10 heteroatoms. The van der Waals surface area contributed by atoms with Crippen LogP contribution in [0.15, 0.2) is 66.2 Å². The van der Waals surface area contributed by atoms with Crippen LogP contribution < -0.4 is 9.64 Å². The van der Waals surface area contributed by atoms with E-state index in [1.165, 1.54) is 34.4 Å². The number of hydrogen-bond donors (Lipinski definition) is 1. The van der Waals surface area contributed by atoms with Crippen molar-refractivity contribution in [1.82, 2.24) is 4.98 Å². The average Bonchev–Trinajstić information content (AvgIpc) is 3.38. The second-order valence-electron chi connectivity index (χ2n) is 7.68. The summed E-state index contributed by atoms with van der Waals surface area (Å²) >= 11 is 13.5. The van der Waals surface area contributed by atoms with Gasteiger partial charge in [0.1, 0.15) is 17.3 Å². The van der Waals surface area contributed by atoms with Gasteiger partial charge in [0.15, 0.2) is 5.13 Å². The summed E-state index contributed by atoms with van der Waals surface area (Å²) in [6.45, 7) is 0. The molecule has 35 heavy (non-hydrogen) atoms. The molecule has 5 rings (SSSR count). The van der Waals surface area contributed by atoms with Gasteiger partial charge in [-0.2, -0.15) is 0 Å². The molecule has 0 saturated carbocycles. The van der Waals surface area contributed by atoms with E-state index in [0.29, 0.717) is 16.8 Å². The van der Waals surface area contributed by atoms with Crippen LogP contribution in [0.1, 0.15) is 17.2 Å². The largest absolute Gasteiger partial charge is 0.507 e. The van der Waals surface area contributed by atoms with Crippen LogP contribution >= 0.6 is 34.5 Å². The maximum Gasteiger partial charge on any atom is 0.301 e. The Balaban J connectivity index is 1.73. The molecule has 1 aliphatic rings. The molecule has 1 saturated heterocycles. The van der Waals surface area contributed by atoms with Crippen LogP contribution in [0, 0.1) is 5.82 Å². The van der Waals surface area contributed by atoms with Crippen LogP contribution in [-0.2, 0) is 9.59 Å². The summed E-state index contributed by atoms with van der Waals surface area (Å²) in [6, 6.07) is 13.9. The molecule has 6 nitrogen and oxygen atoms in total. The zero-order chi connectivity index (χ0) is 24.9. The van der Waals surface area contributed by atoms with Crippen LogP contribution in [0.5, 0.6) is 5.75 Å². The molecule has 0 bridgehead atoms. The highest BCUT2D eigenvalue weighted by Gasteiger charge is 2.48. The third-order valence-electron chi connectivity index (χ3n) is 5.61. The third-order valence-corrected chi connectivity index (χ3v) is 7.37. The standard InChI is InChI=1S/C25H15Cl2FN2O4S/c1-34-15-7-9-18-19(11-15)35-25(29-18)30-21(13-4-8-16(26)17(27)10-13)20(23(32)24(30)33)22(31)12-2-5-14(28)6-3-12/h2-11,21,31H,1H3/b22-20+/t21-/m0/s1. The van der Waals surface area contributed by atoms with Crippen molar-refractivity contribution in [1.29, 1.82) is 0 Å². The number of aromatic nitrogens is 1. The summed E-state index contributed by atoms with van der Waals surface area (Å²) in [5.74, 6) is -2.10. The molecule has 0 aliphatic carbocycles. The Morgan fingerprint density at radius 2 is 1.80 bits per heavy atom. The van der Waals surface area contributed by atoms with E-state index in [1.54, 1.807) is 37.4 Å². The van der Waals surface area contributed by atoms with Gasteiger partial charge < -0.3 is 9.84 Å². The smallest absolute Gasteiger partial charge is 0.301 e. The van der Waals surface area contributed by atoms with Crippen LogP contribution in [0.25, 0.3) is 16.0 Å². The van der Waals surface area contributed by atoms with Crippen molar-refractivity contribution in [3.8, 4) is 5.75 Å². The van der Waals surface area contributed by atoms with Crippen molar-refractivity contribution >= 4 is 67.3 Å². The fourth-order valence-corrected chi connectivity index (χ4v) is 5.24. The number of thiazole rings is 1. The van der Waals surface area contributed by atoms with Crippen LogP contribution in [-0.4, -0.2) is 28.9 Å². The van der Waals surface area contributed by atoms with Gasteiger partial charge >= 0.3 is 5.91 Å². The van der Waals surface area contributed by atoms with E-state index in [0.717, 1.165) is 16.8 Å². The maximum atomic E-state index is 13.5. The number of aliphatic hydroxyl groups is 1. The fraction of sp³-hybridized carbons (Fsp3) is 0.0800. The first kappa shape index (κ1) is 23.3. The number of rotatable bonds is 4. The number of aliphatic hydroxyl groups excluding tert-OH is 1. The summed E-state index contributed by atoms with van der Waals surface area (Å²) in [5, 5.41) is 11.9. The lowest BCUT2D eigenvalue weighted by Gasteiger charge is -2.23. The van der Waals surface area contributed by atoms with Crippen molar-refractivity contribution in [2.45, 2.75) is 6.04 Å². The summed E-state index contributed by atoms with van der Waals surface area (Å²) < 4.78 is 19.5. The normalized spacial score (nSPS) is 17.4. The number of hydrogen-bond acceptors (Lipinski definition) is 6. The van der Waals surface area contributed by atoms with E-state index in [1.807, 2.05) is 0 Å². The number of ketones is 1. The summed E-state index contributed by atoms with van der Waals surface area (Å²) in [6.07, 6.45) is 0. The van der Waals surface area contributed by atoms with Gasteiger partial charge in [-0.05, 0) is 60.2 Å². The van der Waals surface area contributed by atoms with Crippen LogP contribution in [0.3, 0.4) is 0 Å². The van der Waals surface area contributed by atoms with Gasteiger partial charge in [-0.1, -0.05) is 40.6 Å². The SMILES string of the molecule is COc1ccc2nc(N3C(=O)C(=O)/C(=C(/O)c4ccc(F)cc4)[C@@H]3c3ccc(Cl)c(Cl)c3)sc2c1. The Kier molecular flexibility index (Phi) is 5.96. The number of anilines is 1. The van der Waals surface area contributed by atoms with Gasteiger partial charge in [0.25, 0.3) is 5.78 Å². The Morgan fingerprint density at radius 3 is 2.49 bits per heavy atom. The highest BCUT2D eigenvalue weighted by Crippen LogP contribution is 2.45. The first-order valence-corrected chi connectivity index (χ1v) is 11.8. The Labute approximate surface area is 212 Å². The lowest BCUT2D eigenvalue weighted by Crippen LogP contribution is -2.29. The highest BCUT2D eigenvalue weighted by atomic mass is 35.5. The molecule has 1 aliphatic heterocycles. The molecule has 1 atom stereocenters. The van der Waals surface area contributed by atoms with E-state index in [-0.39, 0.29) is 26.3 Å². The van der Waals surface area contributed by atoms with Gasteiger partial charge in [-0.3, -0.25) is 14.5 Å². The molecular weight excluding hydrogens is 514 g/mol. The first-order valence-electron chi connectivity index (χ1n) is 10.2. The fourth-order valence-electron chi connectivity index (χ4n) is 3.91. The third kappa shape index (κ3) is 4.03. The molecule has 3 aromatic carbocycles. The number of Topliss-reactive ketones (excluding diaryl/α,β-unsaturated/α-hetero) is 1. The number of amides is 1. The number of methoxy groups -OCH3 is 1. The van der Waals surface area contributed by atoms with Crippen molar-refractivity contribution in [3.63, 3.8) is 0 Å². The molecule has 0 unspecified atom stereocenters. The van der Waals surface area contributed by atoms with Crippen LogP contribution in [0.2, 0.25) is 10.0 Å². The monoisotopic (exact) mass is 528 g/mol. The predicted octanol–water partition coefficient (Wildman–Crippen LogP) is 6.38. The number of halogens is 3. The topological polar surface area (TPSA) is 79.7 Å². The lowest BCUT2D eigenvalue weighted by molar-refractivity contribution is -0.132. The maximum absolute atomic E-state index is 13.5. The molecule has 1 fully saturated rings. The first-order chi connectivity index (χ1) is 16.8. The molecule has 0 radical (unpaired) electrons. The number of benzene rings is 3. The number of carbonyl (C=O) groups excluding carboxylic acids is 2. The molecule has 1 amide bonds. The predicted molar refractivity (Wildman–Crippen MR) is 134 cm³/mol. The zero-order valence-corrected chi connectivity index (χ0v) is 20.3. The van der Waals surface area contributed by atoms with Gasteiger partial charge in [0.05, 0.1) is 39.0 Å². The van der Waals surface area contributed by atoms with Crippen molar-refractivity contribution in [2.24, 2.45) is 0 Å². The Hall–Kier alpha value is -3.46. The van der Waals surface area contributed by atoms with E-state index >= 15 is 0 Å². The molecule has 4 aromatic rings. The Morgan fingerprint density at radius 1 is 1.06 bits per heavy atom. The number of fused-ring (bicyclic) bond motifs is 1. The van der Waals surface area contributed by atoms with E-state index in [9.17, 15) is 19.1 Å². The molecule has 1 N–H and O–H groups in total. The van der Waals surface area contributed by atoms with Crippen LogP contribution in [0.4, 0.5) is 9.52 Å². The zero-order valence-electron chi connectivity index (χ0n) is 18.0. The van der Waals surface area contributed by atoms with E-state index < -0.39 is 29.3 Å². The van der Waals surface area contributed by atoms with Gasteiger partial charge in [-0.15, -0.1) is 0 Å². The summed E-state index contributed by atoms with van der Waals surface area (Å²) in [5.41, 5.74) is 1.07. The van der Waals surface area contributed by atoms with Gasteiger partial charge in [-0.25, -0.2) is 9.37 Å². The minimum Gasteiger partial charge on any atom is -0.507 e. The van der Waals surface area contributed by atoms with Crippen molar-refractivity contribution in [3.05, 3.63) is 93.2 Å².